The number of hydrogen-bond acceptors (Lipinski definition) is 4. The molecule has 1 amide bonds. The Balaban J connectivity index is 1.50. The van der Waals surface area contributed by atoms with Gasteiger partial charge in [-0.25, -0.2) is 4.79 Å². The summed E-state index contributed by atoms with van der Waals surface area (Å²) in [6.45, 7) is 0.788. The summed E-state index contributed by atoms with van der Waals surface area (Å²) in [5, 5.41) is 11.0. The van der Waals surface area contributed by atoms with Gasteiger partial charge in [-0.3, -0.25) is 0 Å². The molecule has 2 aromatic carbocycles. The number of benzene rings is 2. The first kappa shape index (κ1) is 17.6. The lowest BCUT2D eigenvalue weighted by molar-refractivity contribution is -0.306. The smallest absolute Gasteiger partial charge is 0.410 e. The zero-order chi connectivity index (χ0) is 18.8. The molecule has 1 saturated heterocycles. The number of carboxylic acid groups (broad SMARTS) is 1. The molecule has 5 heteroatoms. The van der Waals surface area contributed by atoms with Crippen molar-refractivity contribution in [2.24, 2.45) is 0 Å². The minimum Gasteiger partial charge on any atom is -0.550 e. The number of carboxylic acids is 1. The number of ether oxygens (including phenoxy) is 1. The summed E-state index contributed by atoms with van der Waals surface area (Å²) >= 11 is 0. The quantitative estimate of drug-likeness (QED) is 0.836. The number of hydrogen-bond donors (Lipinski definition) is 0. The first-order valence-electron chi connectivity index (χ1n) is 9.46. The van der Waals surface area contributed by atoms with E-state index in [4.69, 9.17) is 4.74 Å². The van der Waals surface area contributed by atoms with Crippen LogP contribution in [0.15, 0.2) is 48.5 Å². The predicted octanol–water partition coefficient (Wildman–Crippen LogP) is 2.93. The van der Waals surface area contributed by atoms with Crippen LogP contribution in [0.4, 0.5) is 4.79 Å². The molecule has 2 aliphatic rings. The minimum absolute atomic E-state index is 0.00531. The summed E-state index contributed by atoms with van der Waals surface area (Å²) in [5.74, 6) is -1.12. The second-order valence-electron chi connectivity index (χ2n) is 7.22. The van der Waals surface area contributed by atoms with Crippen molar-refractivity contribution in [3.05, 3.63) is 59.7 Å². The fourth-order valence-electron chi connectivity index (χ4n) is 4.32. The Morgan fingerprint density at radius 3 is 2.26 bits per heavy atom. The Kier molecular flexibility index (Phi) is 4.84. The van der Waals surface area contributed by atoms with Gasteiger partial charge in [-0.05, 0) is 41.5 Å². The first-order valence-corrected chi connectivity index (χ1v) is 9.46. The van der Waals surface area contributed by atoms with Gasteiger partial charge in [0.05, 0.1) is 0 Å². The topological polar surface area (TPSA) is 69.7 Å². The largest absolute Gasteiger partial charge is 0.550 e. The van der Waals surface area contributed by atoms with E-state index < -0.39 is 12.1 Å². The van der Waals surface area contributed by atoms with Crippen LogP contribution < -0.4 is 5.11 Å². The SMILES string of the molecule is O=C([O-])C[C@@H]1CCCCN1C(=O)OCC1c2ccccc2-c2ccccc21. The number of nitrogens with zero attached hydrogens (tertiary/aromatic N) is 1. The number of carbonyl (C=O) groups excluding carboxylic acids is 2. The standard InChI is InChI=1S/C22H23NO4/c24-21(25)13-15-7-5-6-12-23(15)22(26)27-14-20-18-10-3-1-8-16(18)17-9-2-4-11-19(17)20/h1-4,8-11,15,20H,5-7,12-14H2,(H,24,25)/p-1/t15-/m0/s1. The summed E-state index contributed by atoms with van der Waals surface area (Å²) in [6.07, 6.45) is 1.91. The molecule has 2 aromatic rings. The first-order chi connectivity index (χ1) is 13.1. The monoisotopic (exact) mass is 364 g/mol. The van der Waals surface area contributed by atoms with Crippen molar-refractivity contribution in [1.29, 1.82) is 0 Å². The van der Waals surface area contributed by atoms with E-state index >= 15 is 0 Å². The molecule has 4 rings (SSSR count). The number of aliphatic carboxylic acids is 1. The number of piperidine rings is 1. The van der Waals surface area contributed by atoms with Gasteiger partial charge in [-0.1, -0.05) is 48.5 Å². The van der Waals surface area contributed by atoms with E-state index in [0.29, 0.717) is 13.0 Å². The van der Waals surface area contributed by atoms with Crippen molar-refractivity contribution < 1.29 is 19.4 Å². The lowest BCUT2D eigenvalue weighted by Gasteiger charge is -2.35. The van der Waals surface area contributed by atoms with Crippen molar-refractivity contribution in [2.45, 2.75) is 37.6 Å². The average Bonchev–Trinajstić information content (AvgIpc) is 3.00. The van der Waals surface area contributed by atoms with Crippen molar-refractivity contribution in [1.82, 2.24) is 4.90 Å². The highest BCUT2D eigenvalue weighted by atomic mass is 16.6. The van der Waals surface area contributed by atoms with Gasteiger partial charge in [0.15, 0.2) is 0 Å². The molecule has 5 nitrogen and oxygen atoms in total. The van der Waals surface area contributed by atoms with Crippen molar-refractivity contribution in [3.8, 4) is 11.1 Å². The van der Waals surface area contributed by atoms with E-state index in [1.807, 2.05) is 24.3 Å². The molecule has 0 unspecified atom stereocenters. The lowest BCUT2D eigenvalue weighted by Crippen LogP contribution is -2.46. The van der Waals surface area contributed by atoms with Crippen LogP contribution in [0.2, 0.25) is 0 Å². The maximum Gasteiger partial charge on any atom is 0.410 e. The average molecular weight is 364 g/mol. The van der Waals surface area contributed by atoms with E-state index in [-0.39, 0.29) is 25.0 Å². The Morgan fingerprint density at radius 1 is 1.00 bits per heavy atom. The third kappa shape index (κ3) is 3.42. The molecule has 0 radical (unpaired) electrons. The highest BCUT2D eigenvalue weighted by Crippen LogP contribution is 2.44. The van der Waals surface area contributed by atoms with Crippen molar-refractivity contribution in [3.63, 3.8) is 0 Å². The Hall–Kier alpha value is -2.82. The molecule has 1 aliphatic carbocycles. The maximum atomic E-state index is 12.7. The summed E-state index contributed by atoms with van der Waals surface area (Å²) in [5.41, 5.74) is 4.69. The van der Waals surface area contributed by atoms with Crippen LogP contribution in [0, 0.1) is 0 Å². The molecule has 0 bridgehead atoms. The fraction of sp³-hybridized carbons (Fsp3) is 0.364. The third-order valence-electron chi connectivity index (χ3n) is 5.60. The molecular formula is C22H22NO4-. The minimum atomic E-state index is -1.13. The second-order valence-corrected chi connectivity index (χ2v) is 7.22. The highest BCUT2D eigenvalue weighted by Gasteiger charge is 2.32. The van der Waals surface area contributed by atoms with Crippen LogP contribution in [0.25, 0.3) is 11.1 Å². The van der Waals surface area contributed by atoms with E-state index in [1.165, 1.54) is 11.1 Å². The Labute approximate surface area is 158 Å². The molecule has 0 spiro atoms. The summed E-state index contributed by atoms with van der Waals surface area (Å²) < 4.78 is 5.66. The van der Waals surface area contributed by atoms with Crippen LogP contribution >= 0.6 is 0 Å². The number of rotatable bonds is 4. The van der Waals surface area contributed by atoms with E-state index in [0.717, 1.165) is 24.0 Å². The number of amides is 1. The van der Waals surface area contributed by atoms with Crippen LogP contribution in [0.3, 0.4) is 0 Å². The second kappa shape index (κ2) is 7.43. The predicted molar refractivity (Wildman–Crippen MR) is 99.0 cm³/mol. The Morgan fingerprint density at radius 2 is 1.63 bits per heavy atom. The maximum absolute atomic E-state index is 12.7. The molecule has 1 atom stereocenters. The van der Waals surface area contributed by atoms with Crippen molar-refractivity contribution >= 4 is 12.1 Å². The molecule has 27 heavy (non-hydrogen) atoms. The number of likely N-dealkylation sites (tertiary alicyclic amines) is 1. The number of fused-ring (bicyclic) bond motifs is 3. The van der Waals surface area contributed by atoms with Crippen LogP contribution in [0.1, 0.15) is 42.7 Å². The molecule has 140 valence electrons. The molecular weight excluding hydrogens is 342 g/mol. The Bertz CT molecular complexity index is 817. The molecule has 1 aliphatic heterocycles. The van der Waals surface area contributed by atoms with Gasteiger partial charge < -0.3 is 19.5 Å². The van der Waals surface area contributed by atoms with E-state index in [2.05, 4.69) is 24.3 Å². The van der Waals surface area contributed by atoms with Gasteiger partial charge in [0.1, 0.15) is 6.61 Å². The van der Waals surface area contributed by atoms with Gasteiger partial charge in [0.25, 0.3) is 0 Å². The van der Waals surface area contributed by atoms with Crippen LogP contribution in [-0.2, 0) is 9.53 Å². The van der Waals surface area contributed by atoms with Crippen molar-refractivity contribution in [2.75, 3.05) is 13.2 Å². The fourth-order valence-corrected chi connectivity index (χ4v) is 4.32. The van der Waals surface area contributed by atoms with Gasteiger partial charge in [-0.2, -0.15) is 0 Å². The van der Waals surface area contributed by atoms with E-state index in [9.17, 15) is 14.7 Å². The lowest BCUT2D eigenvalue weighted by atomic mass is 9.98. The van der Waals surface area contributed by atoms with Crippen LogP contribution in [0.5, 0.6) is 0 Å². The summed E-state index contributed by atoms with van der Waals surface area (Å²) in [7, 11) is 0. The number of carbonyl (C=O) groups is 2. The summed E-state index contributed by atoms with van der Waals surface area (Å²) in [6, 6.07) is 16.0. The molecule has 0 aromatic heterocycles. The van der Waals surface area contributed by atoms with Gasteiger partial charge >= 0.3 is 6.09 Å². The van der Waals surface area contributed by atoms with Gasteiger partial charge in [0, 0.05) is 30.9 Å². The van der Waals surface area contributed by atoms with E-state index in [1.54, 1.807) is 4.90 Å². The molecule has 1 fully saturated rings. The molecule has 0 saturated carbocycles. The normalized spacial score (nSPS) is 18.7. The van der Waals surface area contributed by atoms with Gasteiger partial charge in [-0.15, -0.1) is 0 Å². The summed E-state index contributed by atoms with van der Waals surface area (Å²) in [4.78, 5) is 25.2. The third-order valence-corrected chi connectivity index (χ3v) is 5.60. The van der Waals surface area contributed by atoms with Crippen LogP contribution in [-0.4, -0.2) is 36.2 Å². The van der Waals surface area contributed by atoms with Gasteiger partial charge in [0.2, 0.25) is 0 Å². The molecule has 1 heterocycles. The molecule has 0 N–H and O–H groups in total. The highest BCUT2D eigenvalue weighted by molar-refractivity contribution is 5.79. The zero-order valence-electron chi connectivity index (χ0n) is 15.1. The zero-order valence-corrected chi connectivity index (χ0v) is 15.1.